The Kier molecular flexibility index (Phi) is 3.70. The van der Waals surface area contributed by atoms with Crippen LogP contribution < -0.4 is 11.0 Å². The Balaban J connectivity index is 2.17. The Labute approximate surface area is 76.9 Å². The molecule has 1 heterocycles. The molecule has 0 aliphatic carbocycles. The van der Waals surface area contributed by atoms with Crippen LogP contribution in [-0.4, -0.2) is 27.8 Å². The first-order chi connectivity index (χ1) is 6.18. The number of aryl methyl sites for hydroxylation is 1. The molecular weight excluding hydrogens is 168 g/mol. The topological polar surface area (TPSA) is 73.6 Å². The molecule has 0 spiro atoms. The van der Waals surface area contributed by atoms with E-state index in [0.29, 0.717) is 6.04 Å². The molecule has 3 N–H and O–H groups in total. The number of nitrogens with zero attached hydrogens (tertiary/aromatic N) is 1. The van der Waals surface area contributed by atoms with Crippen LogP contribution in [0.5, 0.6) is 0 Å². The highest BCUT2D eigenvalue weighted by Gasteiger charge is 1.97. The molecule has 5 heteroatoms. The minimum Gasteiger partial charge on any atom is -0.315 e. The molecule has 0 saturated carbocycles. The van der Waals surface area contributed by atoms with E-state index < -0.39 is 0 Å². The maximum Gasteiger partial charge on any atom is 0.340 e. The lowest BCUT2D eigenvalue weighted by Gasteiger charge is -2.05. The highest BCUT2D eigenvalue weighted by molar-refractivity contribution is 4.80. The molecule has 0 bridgehead atoms. The molecule has 0 atom stereocenters. The lowest BCUT2D eigenvalue weighted by Crippen LogP contribution is -2.24. The summed E-state index contributed by atoms with van der Waals surface area (Å²) in [7, 11) is 0. The Morgan fingerprint density at radius 3 is 2.85 bits per heavy atom. The van der Waals surface area contributed by atoms with Crippen LogP contribution in [0.2, 0.25) is 0 Å². The van der Waals surface area contributed by atoms with Crippen molar-refractivity contribution < 1.29 is 0 Å². The lowest BCUT2D eigenvalue weighted by molar-refractivity contribution is 0.566. The van der Waals surface area contributed by atoms with Gasteiger partial charge in [-0.25, -0.2) is 9.89 Å². The molecule has 1 aromatic rings. The van der Waals surface area contributed by atoms with E-state index in [4.69, 9.17) is 0 Å². The first-order valence-corrected chi connectivity index (χ1v) is 4.55. The summed E-state index contributed by atoms with van der Waals surface area (Å²) in [5.74, 6) is 0.732. The van der Waals surface area contributed by atoms with Gasteiger partial charge in [0, 0.05) is 12.5 Å². The number of H-pyrrole nitrogens is 2. The summed E-state index contributed by atoms with van der Waals surface area (Å²) >= 11 is 0. The third kappa shape index (κ3) is 3.89. The number of nitrogens with one attached hydrogen (secondary N) is 3. The standard InChI is InChI=1S/C8H16N4O/c1-6(2)9-5-3-4-7-10-8(13)12-11-7/h6,9H,3-5H2,1-2H3,(H2,10,11,12,13). The zero-order valence-corrected chi connectivity index (χ0v) is 8.05. The van der Waals surface area contributed by atoms with Crippen LogP contribution in [0.25, 0.3) is 0 Å². The minimum absolute atomic E-state index is 0.230. The molecule has 1 rings (SSSR count). The molecule has 0 unspecified atom stereocenters. The number of hydrogen-bond acceptors (Lipinski definition) is 3. The number of hydrogen-bond donors (Lipinski definition) is 3. The second-order valence-corrected chi connectivity index (χ2v) is 3.34. The van der Waals surface area contributed by atoms with Crippen molar-refractivity contribution in [3.05, 3.63) is 16.3 Å². The molecule has 0 aromatic carbocycles. The first kappa shape index (κ1) is 9.98. The quantitative estimate of drug-likeness (QED) is 0.565. The van der Waals surface area contributed by atoms with Crippen LogP contribution in [0, 0.1) is 0 Å². The zero-order chi connectivity index (χ0) is 9.68. The Hall–Kier alpha value is -1.10. The van der Waals surface area contributed by atoms with Gasteiger partial charge in [-0.15, -0.1) is 0 Å². The third-order valence-electron chi connectivity index (χ3n) is 1.69. The smallest absolute Gasteiger partial charge is 0.315 e. The largest absolute Gasteiger partial charge is 0.340 e. The van der Waals surface area contributed by atoms with Crippen LogP contribution >= 0.6 is 0 Å². The van der Waals surface area contributed by atoms with Crippen LogP contribution in [0.4, 0.5) is 0 Å². The van der Waals surface area contributed by atoms with Crippen molar-refractivity contribution in [2.45, 2.75) is 32.7 Å². The van der Waals surface area contributed by atoms with Crippen molar-refractivity contribution in [1.82, 2.24) is 20.5 Å². The highest BCUT2D eigenvalue weighted by atomic mass is 16.1. The molecule has 1 aromatic heterocycles. The lowest BCUT2D eigenvalue weighted by atomic mass is 10.3. The summed E-state index contributed by atoms with van der Waals surface area (Å²) < 4.78 is 0. The van der Waals surface area contributed by atoms with Gasteiger partial charge in [-0.05, 0) is 13.0 Å². The number of aromatic nitrogens is 3. The number of rotatable bonds is 5. The van der Waals surface area contributed by atoms with Gasteiger partial charge in [-0.2, -0.15) is 5.10 Å². The van der Waals surface area contributed by atoms with E-state index in [2.05, 4.69) is 34.3 Å². The maximum absolute atomic E-state index is 10.6. The normalized spacial score (nSPS) is 11.0. The molecule has 0 aliphatic heterocycles. The Bertz CT molecular complexity index is 288. The van der Waals surface area contributed by atoms with Crippen molar-refractivity contribution in [3.63, 3.8) is 0 Å². The molecule has 0 amide bonds. The van der Waals surface area contributed by atoms with Gasteiger partial charge in [0.05, 0.1) is 0 Å². The molecular formula is C8H16N4O. The second-order valence-electron chi connectivity index (χ2n) is 3.34. The minimum atomic E-state index is -0.230. The summed E-state index contributed by atoms with van der Waals surface area (Å²) in [6.45, 7) is 5.17. The number of aromatic amines is 2. The van der Waals surface area contributed by atoms with Gasteiger partial charge in [0.15, 0.2) is 0 Å². The summed E-state index contributed by atoms with van der Waals surface area (Å²) in [5, 5.41) is 9.44. The van der Waals surface area contributed by atoms with E-state index >= 15 is 0 Å². The highest BCUT2D eigenvalue weighted by Crippen LogP contribution is 1.90. The Morgan fingerprint density at radius 1 is 1.54 bits per heavy atom. The average molecular weight is 184 g/mol. The van der Waals surface area contributed by atoms with Crippen molar-refractivity contribution in [2.24, 2.45) is 0 Å². The molecule has 0 saturated heterocycles. The van der Waals surface area contributed by atoms with E-state index in [1.165, 1.54) is 0 Å². The third-order valence-corrected chi connectivity index (χ3v) is 1.69. The van der Waals surface area contributed by atoms with Crippen molar-refractivity contribution >= 4 is 0 Å². The predicted octanol–water partition coefficient (Wildman–Crippen LogP) is 0.0286. The van der Waals surface area contributed by atoms with E-state index in [0.717, 1.165) is 25.2 Å². The molecule has 13 heavy (non-hydrogen) atoms. The summed E-state index contributed by atoms with van der Waals surface area (Å²) in [4.78, 5) is 13.3. The van der Waals surface area contributed by atoms with Gasteiger partial charge >= 0.3 is 5.69 Å². The van der Waals surface area contributed by atoms with E-state index in [9.17, 15) is 4.79 Å². The molecule has 0 aliphatic rings. The molecule has 0 fully saturated rings. The van der Waals surface area contributed by atoms with Crippen LogP contribution in [0.1, 0.15) is 26.1 Å². The fourth-order valence-electron chi connectivity index (χ4n) is 1.07. The second kappa shape index (κ2) is 4.81. The average Bonchev–Trinajstić information content (AvgIpc) is 2.45. The fraction of sp³-hybridized carbons (Fsp3) is 0.750. The van der Waals surface area contributed by atoms with Crippen LogP contribution in [0.3, 0.4) is 0 Å². The van der Waals surface area contributed by atoms with Gasteiger partial charge in [-0.1, -0.05) is 13.8 Å². The van der Waals surface area contributed by atoms with Gasteiger partial charge in [0.1, 0.15) is 5.82 Å². The van der Waals surface area contributed by atoms with Crippen molar-refractivity contribution in [2.75, 3.05) is 6.54 Å². The summed E-state index contributed by atoms with van der Waals surface area (Å²) in [6, 6.07) is 0.512. The summed E-state index contributed by atoms with van der Waals surface area (Å²) in [6.07, 6.45) is 1.79. The maximum atomic E-state index is 10.6. The van der Waals surface area contributed by atoms with E-state index in [-0.39, 0.29) is 5.69 Å². The molecule has 74 valence electrons. The zero-order valence-electron chi connectivity index (χ0n) is 8.05. The van der Waals surface area contributed by atoms with Gasteiger partial charge in [-0.3, -0.25) is 4.98 Å². The fourth-order valence-corrected chi connectivity index (χ4v) is 1.07. The van der Waals surface area contributed by atoms with Gasteiger partial charge in [0.25, 0.3) is 0 Å². The van der Waals surface area contributed by atoms with E-state index in [1.807, 2.05) is 0 Å². The van der Waals surface area contributed by atoms with Crippen LogP contribution in [0.15, 0.2) is 4.79 Å². The SMILES string of the molecule is CC(C)NCCCc1n[nH]c(=O)[nH]1. The van der Waals surface area contributed by atoms with Crippen molar-refractivity contribution in [1.29, 1.82) is 0 Å². The van der Waals surface area contributed by atoms with Crippen molar-refractivity contribution in [3.8, 4) is 0 Å². The Morgan fingerprint density at radius 2 is 2.31 bits per heavy atom. The molecule has 0 radical (unpaired) electrons. The summed E-state index contributed by atoms with van der Waals surface area (Å²) in [5.41, 5.74) is -0.230. The van der Waals surface area contributed by atoms with Gasteiger partial charge < -0.3 is 5.32 Å². The monoisotopic (exact) mass is 184 g/mol. The van der Waals surface area contributed by atoms with Gasteiger partial charge in [0.2, 0.25) is 0 Å². The molecule has 5 nitrogen and oxygen atoms in total. The van der Waals surface area contributed by atoms with Crippen LogP contribution in [-0.2, 0) is 6.42 Å². The van der Waals surface area contributed by atoms with E-state index in [1.54, 1.807) is 0 Å². The predicted molar refractivity (Wildman–Crippen MR) is 50.7 cm³/mol. The first-order valence-electron chi connectivity index (χ1n) is 4.55.